The highest BCUT2D eigenvalue weighted by Crippen LogP contribution is 2.30. The van der Waals surface area contributed by atoms with Gasteiger partial charge in [-0.05, 0) is 30.7 Å². The van der Waals surface area contributed by atoms with Gasteiger partial charge in [0.05, 0.1) is 11.5 Å². The fraction of sp³-hybridized carbons (Fsp3) is 0.429. The Balaban J connectivity index is 1.78. The van der Waals surface area contributed by atoms with Crippen molar-refractivity contribution in [2.24, 2.45) is 0 Å². The predicted octanol–water partition coefficient (Wildman–Crippen LogP) is 2.86. The molecule has 1 N–H and O–H groups in total. The van der Waals surface area contributed by atoms with Crippen molar-refractivity contribution in [1.82, 2.24) is 9.88 Å². The van der Waals surface area contributed by atoms with Gasteiger partial charge in [-0.3, -0.25) is 4.79 Å². The second-order valence-electron chi connectivity index (χ2n) is 4.82. The Morgan fingerprint density at radius 2 is 2.30 bits per heavy atom. The van der Waals surface area contributed by atoms with Gasteiger partial charge < -0.3 is 10.0 Å². The van der Waals surface area contributed by atoms with Crippen LogP contribution in [0, 0.1) is 0 Å². The maximum Gasteiger partial charge on any atom is 0.273 e. The Morgan fingerprint density at radius 3 is 2.90 bits per heavy atom. The Kier molecular flexibility index (Phi) is 4.14. The van der Waals surface area contributed by atoms with E-state index in [9.17, 15) is 4.79 Å². The van der Waals surface area contributed by atoms with Crippen molar-refractivity contribution in [3.05, 3.63) is 28.6 Å². The number of amides is 1. The largest absolute Gasteiger partial charge is 0.395 e. The van der Waals surface area contributed by atoms with Gasteiger partial charge in [-0.1, -0.05) is 6.07 Å². The Morgan fingerprint density at radius 1 is 1.45 bits per heavy atom. The lowest BCUT2D eigenvalue weighted by atomic mass is 9.91. The standard InChI is InChI=1S/C14H16N2O2S2/c17-7-6-16(10-3-1-4-10)14(18)11-9-20-13(15-11)12-5-2-8-19-12/h2,5,8-10,17H,1,3-4,6-7H2. The first-order chi connectivity index (χ1) is 9.79. The molecule has 0 radical (unpaired) electrons. The van der Waals surface area contributed by atoms with Crippen molar-refractivity contribution in [2.75, 3.05) is 13.2 Å². The van der Waals surface area contributed by atoms with E-state index in [1.165, 1.54) is 11.3 Å². The number of hydrogen-bond acceptors (Lipinski definition) is 5. The normalized spacial score (nSPS) is 15.1. The molecule has 1 amide bonds. The van der Waals surface area contributed by atoms with E-state index in [4.69, 9.17) is 5.11 Å². The van der Waals surface area contributed by atoms with Crippen molar-refractivity contribution < 1.29 is 9.90 Å². The van der Waals surface area contributed by atoms with E-state index < -0.39 is 0 Å². The summed E-state index contributed by atoms with van der Waals surface area (Å²) in [6, 6.07) is 4.27. The predicted molar refractivity (Wildman–Crippen MR) is 81.2 cm³/mol. The summed E-state index contributed by atoms with van der Waals surface area (Å²) in [5, 5.41) is 13.9. The highest BCUT2D eigenvalue weighted by atomic mass is 32.1. The van der Waals surface area contributed by atoms with E-state index in [0.717, 1.165) is 29.1 Å². The van der Waals surface area contributed by atoms with Crippen molar-refractivity contribution >= 4 is 28.6 Å². The molecule has 0 unspecified atom stereocenters. The topological polar surface area (TPSA) is 53.4 Å². The number of rotatable bonds is 5. The quantitative estimate of drug-likeness (QED) is 0.924. The molecule has 20 heavy (non-hydrogen) atoms. The number of thiazole rings is 1. The average Bonchev–Trinajstić information content (AvgIpc) is 3.05. The van der Waals surface area contributed by atoms with E-state index in [1.54, 1.807) is 16.2 Å². The highest BCUT2D eigenvalue weighted by molar-refractivity contribution is 7.20. The average molecular weight is 308 g/mol. The van der Waals surface area contributed by atoms with E-state index in [-0.39, 0.29) is 18.6 Å². The van der Waals surface area contributed by atoms with Crippen LogP contribution in [-0.4, -0.2) is 40.1 Å². The van der Waals surface area contributed by atoms with Gasteiger partial charge in [0, 0.05) is 18.0 Å². The summed E-state index contributed by atoms with van der Waals surface area (Å²) in [4.78, 5) is 19.8. The zero-order chi connectivity index (χ0) is 13.9. The second-order valence-corrected chi connectivity index (χ2v) is 6.63. The van der Waals surface area contributed by atoms with Crippen LogP contribution in [0.15, 0.2) is 22.9 Å². The van der Waals surface area contributed by atoms with Crippen LogP contribution < -0.4 is 0 Å². The molecule has 4 nitrogen and oxygen atoms in total. The van der Waals surface area contributed by atoms with Crippen LogP contribution >= 0.6 is 22.7 Å². The molecule has 106 valence electrons. The number of thiophene rings is 1. The smallest absolute Gasteiger partial charge is 0.273 e. The summed E-state index contributed by atoms with van der Waals surface area (Å²) in [5.41, 5.74) is 0.499. The van der Waals surface area contributed by atoms with Crippen LogP contribution in [0.2, 0.25) is 0 Å². The monoisotopic (exact) mass is 308 g/mol. The lowest BCUT2D eigenvalue weighted by molar-refractivity contribution is 0.0521. The van der Waals surface area contributed by atoms with Crippen LogP contribution in [0.5, 0.6) is 0 Å². The van der Waals surface area contributed by atoms with Crippen LogP contribution in [0.3, 0.4) is 0 Å². The molecule has 0 aliphatic heterocycles. The van der Waals surface area contributed by atoms with Gasteiger partial charge >= 0.3 is 0 Å². The van der Waals surface area contributed by atoms with Crippen LogP contribution in [-0.2, 0) is 0 Å². The summed E-state index contributed by atoms with van der Waals surface area (Å²) >= 11 is 3.12. The molecule has 0 aromatic carbocycles. The number of aromatic nitrogens is 1. The van der Waals surface area contributed by atoms with E-state index in [0.29, 0.717) is 12.2 Å². The second kappa shape index (κ2) is 6.03. The van der Waals surface area contributed by atoms with Crippen LogP contribution in [0.4, 0.5) is 0 Å². The summed E-state index contributed by atoms with van der Waals surface area (Å²) < 4.78 is 0. The number of carbonyl (C=O) groups excluding carboxylic acids is 1. The minimum Gasteiger partial charge on any atom is -0.395 e. The molecule has 1 aliphatic rings. The molecule has 0 bridgehead atoms. The summed E-state index contributed by atoms with van der Waals surface area (Å²) in [6.07, 6.45) is 3.23. The van der Waals surface area contributed by atoms with Crippen molar-refractivity contribution in [3.63, 3.8) is 0 Å². The number of carbonyl (C=O) groups is 1. The van der Waals surface area contributed by atoms with Gasteiger partial charge in [-0.15, -0.1) is 22.7 Å². The van der Waals surface area contributed by atoms with Crippen molar-refractivity contribution in [2.45, 2.75) is 25.3 Å². The molecule has 0 atom stereocenters. The maximum atomic E-state index is 12.5. The zero-order valence-electron chi connectivity index (χ0n) is 11.0. The van der Waals surface area contributed by atoms with Gasteiger partial charge in [-0.2, -0.15) is 0 Å². The van der Waals surface area contributed by atoms with Gasteiger partial charge in [0.1, 0.15) is 10.7 Å². The van der Waals surface area contributed by atoms with Crippen molar-refractivity contribution in [1.29, 1.82) is 0 Å². The third kappa shape index (κ3) is 2.63. The zero-order valence-corrected chi connectivity index (χ0v) is 12.6. The molecular formula is C14H16N2O2S2. The summed E-state index contributed by atoms with van der Waals surface area (Å²) in [5.74, 6) is -0.0530. The fourth-order valence-electron chi connectivity index (χ4n) is 2.29. The Hall–Kier alpha value is -1.24. The van der Waals surface area contributed by atoms with E-state index >= 15 is 0 Å². The number of nitrogens with zero attached hydrogens (tertiary/aromatic N) is 2. The van der Waals surface area contributed by atoms with E-state index in [1.807, 2.05) is 22.9 Å². The van der Waals surface area contributed by atoms with Crippen molar-refractivity contribution in [3.8, 4) is 9.88 Å². The molecule has 0 saturated heterocycles. The summed E-state index contributed by atoms with van der Waals surface area (Å²) in [7, 11) is 0. The third-order valence-electron chi connectivity index (χ3n) is 3.57. The number of hydrogen-bond donors (Lipinski definition) is 1. The minimum absolute atomic E-state index is 0.00413. The molecule has 6 heteroatoms. The van der Waals surface area contributed by atoms with E-state index in [2.05, 4.69) is 4.98 Å². The molecule has 2 aromatic rings. The number of aliphatic hydroxyl groups is 1. The number of aliphatic hydroxyl groups excluding tert-OH is 1. The molecule has 1 saturated carbocycles. The molecule has 2 heterocycles. The lowest BCUT2D eigenvalue weighted by Crippen LogP contribution is -2.45. The highest BCUT2D eigenvalue weighted by Gasteiger charge is 2.30. The maximum absolute atomic E-state index is 12.5. The molecule has 1 fully saturated rings. The molecular weight excluding hydrogens is 292 g/mol. The Labute approximate surface area is 125 Å². The van der Waals surface area contributed by atoms with Gasteiger partial charge in [0.25, 0.3) is 5.91 Å². The van der Waals surface area contributed by atoms with Gasteiger partial charge in [-0.25, -0.2) is 4.98 Å². The molecule has 3 rings (SSSR count). The third-order valence-corrected chi connectivity index (χ3v) is 5.45. The first-order valence-corrected chi connectivity index (χ1v) is 8.47. The first-order valence-electron chi connectivity index (χ1n) is 6.71. The van der Waals surface area contributed by atoms with Gasteiger partial charge in [0.15, 0.2) is 0 Å². The summed E-state index contributed by atoms with van der Waals surface area (Å²) in [6.45, 7) is 0.402. The Bertz CT molecular complexity index is 576. The fourth-order valence-corrected chi connectivity index (χ4v) is 3.90. The van der Waals surface area contributed by atoms with Crippen LogP contribution in [0.25, 0.3) is 9.88 Å². The molecule has 1 aliphatic carbocycles. The lowest BCUT2D eigenvalue weighted by Gasteiger charge is -2.36. The molecule has 0 spiro atoms. The van der Waals surface area contributed by atoms with Crippen LogP contribution in [0.1, 0.15) is 29.8 Å². The van der Waals surface area contributed by atoms with Gasteiger partial charge in [0.2, 0.25) is 0 Å². The molecule has 2 aromatic heterocycles. The first kappa shape index (κ1) is 13.7. The minimum atomic E-state index is -0.0530. The SMILES string of the molecule is O=C(c1csc(-c2cccs2)n1)N(CCO)C1CCC1.